The number of nitrogens with zero attached hydrogens (tertiary/aromatic N) is 3. The number of carbonyl (C=O) groups excluding carboxylic acids is 1. The molecule has 0 saturated carbocycles. The van der Waals surface area contributed by atoms with Crippen molar-refractivity contribution >= 4 is 17.4 Å². The third-order valence-electron chi connectivity index (χ3n) is 12.0. The zero-order valence-corrected chi connectivity index (χ0v) is 31.2. The molecular weight excluding hydrogens is 669 g/mol. The van der Waals surface area contributed by atoms with E-state index >= 15 is 0 Å². The fourth-order valence-electron chi connectivity index (χ4n) is 9.11. The first-order valence-electron chi connectivity index (χ1n) is 19.9. The summed E-state index contributed by atoms with van der Waals surface area (Å²) in [4.78, 5) is 22.6. The summed E-state index contributed by atoms with van der Waals surface area (Å²) < 4.78 is 6.14. The van der Waals surface area contributed by atoms with Gasteiger partial charge in [0.15, 0.2) is 0 Å². The average molecular weight is 721 g/mol. The number of aryl methyl sites for hydroxylation is 1. The first-order chi connectivity index (χ1) is 26.5. The van der Waals surface area contributed by atoms with E-state index in [1.54, 1.807) is 6.20 Å². The lowest BCUT2D eigenvalue weighted by molar-refractivity contribution is 0.0952. The highest BCUT2D eigenvalue weighted by atomic mass is 16.5. The number of hydrogen-bond acceptors (Lipinski definition) is 6. The number of carbonyl (C=O) groups is 1. The Kier molecular flexibility index (Phi) is 10.8. The van der Waals surface area contributed by atoms with Crippen LogP contribution < -0.4 is 19.9 Å². The Morgan fingerprint density at radius 1 is 0.796 bits per heavy atom. The standard InChI is InChI=1S/C47H52N4O3/c52-40-18-22-43-37(31-40)17-21-42(35-11-5-3-6-12-35)45(43)36-15-19-41(20-16-36)54-30-10-2-1-9-26-49-46(53)38-23-27-48-44(32-38)51-29-25-47(34-51)24-28-50(33-47)39-13-7-4-8-14-39/h3-8,11-16,18-20,22-23,27,31-32,42,45,52H,1-2,9-10,17,21,24-26,28-30,33-34H2,(H,49,53)/t42-,45+,47?/m1/s1. The summed E-state index contributed by atoms with van der Waals surface area (Å²) in [7, 11) is 0. The number of hydrogen-bond donors (Lipinski definition) is 2. The number of aromatic hydroxyl groups is 1. The summed E-state index contributed by atoms with van der Waals surface area (Å²) in [5, 5.41) is 13.3. The summed E-state index contributed by atoms with van der Waals surface area (Å²) in [6, 6.07) is 39.8. The molecule has 5 aromatic rings. The number of rotatable bonds is 13. The van der Waals surface area contributed by atoms with Crippen LogP contribution in [-0.4, -0.2) is 55.3 Å². The molecule has 2 N–H and O–H groups in total. The van der Waals surface area contributed by atoms with Crippen LogP contribution in [0, 0.1) is 5.41 Å². The molecule has 3 atom stereocenters. The number of phenols is 1. The Morgan fingerprint density at radius 3 is 2.35 bits per heavy atom. The third kappa shape index (κ3) is 8.10. The average Bonchev–Trinajstić information content (AvgIpc) is 3.85. The van der Waals surface area contributed by atoms with Gasteiger partial charge in [-0.1, -0.05) is 79.6 Å². The molecule has 54 heavy (non-hydrogen) atoms. The third-order valence-corrected chi connectivity index (χ3v) is 12.0. The van der Waals surface area contributed by atoms with Crippen molar-refractivity contribution in [1.82, 2.24) is 10.3 Å². The molecule has 0 radical (unpaired) electrons. The lowest BCUT2D eigenvalue weighted by Gasteiger charge is -2.34. The second-order valence-corrected chi connectivity index (χ2v) is 15.6. The van der Waals surface area contributed by atoms with E-state index in [2.05, 4.69) is 111 Å². The number of unbranched alkanes of at least 4 members (excludes halogenated alkanes) is 3. The zero-order chi connectivity index (χ0) is 36.7. The minimum absolute atomic E-state index is 0.0274. The normalized spacial score (nSPS) is 20.6. The molecule has 2 fully saturated rings. The van der Waals surface area contributed by atoms with Crippen LogP contribution in [0.4, 0.5) is 11.5 Å². The number of pyridine rings is 1. The number of anilines is 2. The molecule has 0 bridgehead atoms. The van der Waals surface area contributed by atoms with Crippen molar-refractivity contribution in [3.63, 3.8) is 0 Å². The maximum absolute atomic E-state index is 13.0. The van der Waals surface area contributed by atoms with Crippen molar-refractivity contribution in [2.75, 3.05) is 49.1 Å². The van der Waals surface area contributed by atoms with Crippen LogP contribution in [-0.2, 0) is 6.42 Å². The van der Waals surface area contributed by atoms with E-state index in [9.17, 15) is 9.90 Å². The first-order valence-corrected chi connectivity index (χ1v) is 19.9. The summed E-state index contributed by atoms with van der Waals surface area (Å²) in [6.45, 7) is 5.47. The minimum Gasteiger partial charge on any atom is -0.508 e. The molecule has 1 amide bonds. The fourth-order valence-corrected chi connectivity index (χ4v) is 9.11. The van der Waals surface area contributed by atoms with Crippen molar-refractivity contribution in [1.29, 1.82) is 0 Å². The molecule has 1 unspecified atom stereocenters. The van der Waals surface area contributed by atoms with E-state index in [1.165, 1.54) is 34.4 Å². The molecule has 8 rings (SSSR count). The van der Waals surface area contributed by atoms with Gasteiger partial charge in [0.1, 0.15) is 17.3 Å². The Labute approximate surface area is 320 Å². The molecule has 4 aromatic carbocycles. The van der Waals surface area contributed by atoms with Crippen molar-refractivity contribution in [2.45, 2.75) is 63.2 Å². The van der Waals surface area contributed by atoms with Crippen molar-refractivity contribution in [3.05, 3.63) is 149 Å². The van der Waals surface area contributed by atoms with Gasteiger partial charge in [0, 0.05) is 61.5 Å². The van der Waals surface area contributed by atoms with Gasteiger partial charge in [0.2, 0.25) is 0 Å². The Hall–Kier alpha value is -5.30. The quantitative estimate of drug-likeness (QED) is 0.118. The van der Waals surface area contributed by atoms with Crippen LogP contribution in [0.3, 0.4) is 0 Å². The summed E-state index contributed by atoms with van der Waals surface area (Å²) in [5.41, 5.74) is 7.45. The van der Waals surface area contributed by atoms with Gasteiger partial charge in [-0.3, -0.25) is 4.79 Å². The van der Waals surface area contributed by atoms with Crippen LogP contribution in [0.25, 0.3) is 0 Å². The summed E-state index contributed by atoms with van der Waals surface area (Å²) >= 11 is 0. The molecule has 7 nitrogen and oxygen atoms in total. The summed E-state index contributed by atoms with van der Waals surface area (Å²) in [6.07, 6.45) is 10.1. The lowest BCUT2D eigenvalue weighted by atomic mass is 9.69. The van der Waals surface area contributed by atoms with Gasteiger partial charge in [0.05, 0.1) is 6.61 Å². The van der Waals surface area contributed by atoms with Crippen molar-refractivity contribution in [2.24, 2.45) is 5.41 Å². The number of ether oxygens (including phenoxy) is 1. The van der Waals surface area contributed by atoms with E-state index < -0.39 is 0 Å². The highest BCUT2D eigenvalue weighted by molar-refractivity contribution is 5.94. The van der Waals surface area contributed by atoms with E-state index in [1.807, 2.05) is 24.3 Å². The maximum Gasteiger partial charge on any atom is 0.251 e. The maximum atomic E-state index is 13.0. The smallest absolute Gasteiger partial charge is 0.251 e. The molecule has 3 heterocycles. The highest BCUT2D eigenvalue weighted by Crippen LogP contribution is 2.47. The lowest BCUT2D eigenvalue weighted by Crippen LogP contribution is -2.31. The molecule has 7 heteroatoms. The fraction of sp³-hybridized carbons (Fsp3) is 0.362. The molecule has 278 valence electrons. The zero-order valence-electron chi connectivity index (χ0n) is 31.2. The van der Waals surface area contributed by atoms with Gasteiger partial charge in [-0.2, -0.15) is 0 Å². The Balaban J connectivity index is 0.758. The van der Waals surface area contributed by atoms with Crippen LogP contribution in [0.15, 0.2) is 121 Å². The van der Waals surface area contributed by atoms with Crippen molar-refractivity contribution in [3.8, 4) is 11.5 Å². The number of benzene rings is 4. The van der Waals surface area contributed by atoms with Gasteiger partial charge in [-0.05, 0) is 115 Å². The molecule has 1 aromatic heterocycles. The van der Waals surface area contributed by atoms with Crippen LogP contribution >= 0.6 is 0 Å². The molecule has 3 aliphatic rings. The second kappa shape index (κ2) is 16.4. The minimum atomic E-state index is -0.0274. The number of para-hydroxylation sites is 1. The second-order valence-electron chi connectivity index (χ2n) is 15.6. The van der Waals surface area contributed by atoms with E-state index in [4.69, 9.17) is 4.74 Å². The van der Waals surface area contributed by atoms with Gasteiger partial charge < -0.3 is 25.0 Å². The van der Waals surface area contributed by atoms with Crippen LogP contribution in [0.5, 0.6) is 11.5 Å². The molecule has 1 spiro atoms. The van der Waals surface area contributed by atoms with Crippen LogP contribution in [0.1, 0.15) is 89.4 Å². The Morgan fingerprint density at radius 2 is 1.54 bits per heavy atom. The highest BCUT2D eigenvalue weighted by Gasteiger charge is 2.44. The van der Waals surface area contributed by atoms with Gasteiger partial charge in [-0.25, -0.2) is 4.98 Å². The number of fused-ring (bicyclic) bond motifs is 1. The molecule has 2 saturated heterocycles. The number of phenolic OH excluding ortho intramolecular Hbond substituents is 1. The molecular formula is C47H52N4O3. The molecule has 1 aliphatic carbocycles. The van der Waals surface area contributed by atoms with E-state index in [0.29, 0.717) is 30.4 Å². The molecule has 2 aliphatic heterocycles. The van der Waals surface area contributed by atoms with Gasteiger partial charge in [-0.15, -0.1) is 0 Å². The Bertz CT molecular complexity index is 2000. The SMILES string of the molecule is O=C(NCCCCCCOc1ccc([C@@H]2c3ccc(O)cc3CC[C@@H]2c2ccccc2)cc1)c1ccnc(N2CCC3(CCN(c4ccccc4)C3)C2)c1. The van der Waals surface area contributed by atoms with Gasteiger partial charge in [0.25, 0.3) is 5.91 Å². The number of nitrogens with one attached hydrogen (secondary N) is 1. The predicted molar refractivity (Wildman–Crippen MR) is 217 cm³/mol. The number of aromatic nitrogens is 1. The topological polar surface area (TPSA) is 77.9 Å². The summed E-state index contributed by atoms with van der Waals surface area (Å²) in [5.74, 6) is 2.72. The van der Waals surface area contributed by atoms with E-state index in [0.717, 1.165) is 82.7 Å². The van der Waals surface area contributed by atoms with Crippen LogP contribution in [0.2, 0.25) is 0 Å². The van der Waals surface area contributed by atoms with E-state index in [-0.39, 0.29) is 17.2 Å². The monoisotopic (exact) mass is 720 g/mol. The predicted octanol–water partition coefficient (Wildman–Crippen LogP) is 9.13. The number of amides is 1. The first kappa shape index (κ1) is 35.7. The van der Waals surface area contributed by atoms with Gasteiger partial charge >= 0.3 is 0 Å². The van der Waals surface area contributed by atoms with Crippen molar-refractivity contribution < 1.29 is 14.6 Å². The largest absolute Gasteiger partial charge is 0.508 e.